The molecule has 1 aromatic carbocycles. The smallest absolute Gasteiger partial charge is 0.162 e. The lowest BCUT2D eigenvalue weighted by atomic mass is 10.0. The molecule has 0 amide bonds. The van der Waals surface area contributed by atoms with Crippen molar-refractivity contribution in [3.63, 3.8) is 0 Å². The van der Waals surface area contributed by atoms with Crippen LogP contribution in [0.4, 0.5) is 0 Å². The number of halogens is 2. The van der Waals surface area contributed by atoms with Gasteiger partial charge in [-0.15, -0.1) is 0 Å². The molecule has 0 bridgehead atoms. The second-order valence-electron chi connectivity index (χ2n) is 4.52. The van der Waals surface area contributed by atoms with Crippen molar-refractivity contribution in [3.05, 3.63) is 22.2 Å². The molecule has 0 saturated heterocycles. The number of alkyl halides is 1. The first-order valence-electron chi connectivity index (χ1n) is 5.82. The van der Waals surface area contributed by atoms with Gasteiger partial charge in [0.25, 0.3) is 0 Å². The zero-order valence-electron chi connectivity index (χ0n) is 10.0. The molecule has 0 N–H and O–H groups in total. The van der Waals surface area contributed by atoms with Crippen LogP contribution in [-0.4, -0.2) is 13.2 Å². The highest BCUT2D eigenvalue weighted by atomic mass is 79.9. The number of hydrogen-bond donors (Lipinski definition) is 0. The Morgan fingerprint density at radius 3 is 2.29 bits per heavy atom. The van der Waals surface area contributed by atoms with Crippen molar-refractivity contribution in [1.29, 1.82) is 0 Å². The minimum Gasteiger partial charge on any atom is -0.490 e. The molecule has 17 heavy (non-hydrogen) atoms. The molecule has 94 valence electrons. The summed E-state index contributed by atoms with van der Waals surface area (Å²) in [5.41, 5.74) is 1.21. The van der Waals surface area contributed by atoms with Gasteiger partial charge in [-0.05, 0) is 23.6 Å². The summed E-state index contributed by atoms with van der Waals surface area (Å²) in [5, 5.41) is 0. The molecule has 0 radical (unpaired) electrons. The highest BCUT2D eigenvalue weighted by Crippen LogP contribution is 2.42. The van der Waals surface area contributed by atoms with E-state index in [0.29, 0.717) is 10.7 Å². The van der Waals surface area contributed by atoms with Crippen LogP contribution in [0.5, 0.6) is 11.5 Å². The number of benzene rings is 1. The SMILES string of the molecule is CC(C)C(Br)c1cc2c(cc1Br)OCCCO2. The minimum atomic E-state index is 0.314. The molecule has 0 saturated carbocycles. The largest absolute Gasteiger partial charge is 0.490 e. The number of ether oxygens (including phenoxy) is 2. The van der Waals surface area contributed by atoms with Gasteiger partial charge in [0, 0.05) is 15.7 Å². The lowest BCUT2D eigenvalue weighted by molar-refractivity contribution is 0.297. The molecule has 0 aromatic heterocycles. The summed E-state index contributed by atoms with van der Waals surface area (Å²) in [7, 11) is 0. The molecular weight excluding hydrogens is 348 g/mol. The van der Waals surface area contributed by atoms with Gasteiger partial charge < -0.3 is 9.47 Å². The fourth-order valence-corrected chi connectivity index (χ4v) is 3.03. The standard InChI is InChI=1S/C13H16Br2O2/c1-8(2)13(15)9-6-11-12(7-10(9)14)17-5-3-4-16-11/h6-8,13H,3-5H2,1-2H3. The second-order valence-corrected chi connectivity index (χ2v) is 6.36. The first-order chi connectivity index (χ1) is 8.09. The lowest BCUT2D eigenvalue weighted by Gasteiger charge is -2.18. The summed E-state index contributed by atoms with van der Waals surface area (Å²) in [6.45, 7) is 5.83. The Kier molecular flexibility index (Phi) is 4.36. The molecule has 1 aliphatic rings. The second kappa shape index (κ2) is 5.61. The van der Waals surface area contributed by atoms with Gasteiger partial charge in [0.1, 0.15) is 0 Å². The van der Waals surface area contributed by atoms with Crippen molar-refractivity contribution < 1.29 is 9.47 Å². The van der Waals surface area contributed by atoms with Gasteiger partial charge >= 0.3 is 0 Å². The molecule has 0 spiro atoms. The quantitative estimate of drug-likeness (QED) is 0.709. The highest BCUT2D eigenvalue weighted by Gasteiger charge is 2.20. The fraction of sp³-hybridized carbons (Fsp3) is 0.538. The van der Waals surface area contributed by atoms with Crippen LogP contribution in [0.2, 0.25) is 0 Å². The van der Waals surface area contributed by atoms with Crippen LogP contribution in [0.25, 0.3) is 0 Å². The van der Waals surface area contributed by atoms with E-state index < -0.39 is 0 Å². The first kappa shape index (κ1) is 13.2. The summed E-state index contributed by atoms with van der Waals surface area (Å²) in [4.78, 5) is 0.314. The molecule has 0 fully saturated rings. The zero-order chi connectivity index (χ0) is 12.4. The monoisotopic (exact) mass is 362 g/mol. The Hall–Kier alpha value is -0.220. The Bertz CT molecular complexity index is 405. The maximum Gasteiger partial charge on any atom is 0.162 e. The van der Waals surface area contributed by atoms with Gasteiger partial charge in [-0.3, -0.25) is 0 Å². The van der Waals surface area contributed by atoms with E-state index in [2.05, 4.69) is 51.8 Å². The molecule has 1 heterocycles. The minimum absolute atomic E-state index is 0.314. The van der Waals surface area contributed by atoms with Crippen LogP contribution in [0, 0.1) is 5.92 Å². The van der Waals surface area contributed by atoms with Crippen molar-refractivity contribution >= 4 is 31.9 Å². The number of fused-ring (bicyclic) bond motifs is 1. The molecule has 4 heteroatoms. The van der Waals surface area contributed by atoms with Crippen molar-refractivity contribution in [2.75, 3.05) is 13.2 Å². The van der Waals surface area contributed by atoms with E-state index in [9.17, 15) is 0 Å². The maximum absolute atomic E-state index is 5.71. The molecule has 1 atom stereocenters. The van der Waals surface area contributed by atoms with Crippen molar-refractivity contribution in [2.45, 2.75) is 25.1 Å². The summed E-state index contributed by atoms with van der Waals surface area (Å²) in [6.07, 6.45) is 0.934. The molecule has 2 rings (SSSR count). The molecule has 1 aromatic rings. The van der Waals surface area contributed by atoms with E-state index in [1.165, 1.54) is 5.56 Å². The van der Waals surface area contributed by atoms with Crippen LogP contribution in [-0.2, 0) is 0 Å². The van der Waals surface area contributed by atoms with Gasteiger partial charge in [0.2, 0.25) is 0 Å². The summed E-state index contributed by atoms with van der Waals surface area (Å²) >= 11 is 7.33. The summed E-state index contributed by atoms with van der Waals surface area (Å²) in [6, 6.07) is 4.08. The predicted molar refractivity (Wildman–Crippen MR) is 76.3 cm³/mol. The summed E-state index contributed by atoms with van der Waals surface area (Å²) in [5.74, 6) is 2.21. The molecule has 1 unspecified atom stereocenters. The molecule has 1 aliphatic heterocycles. The third-order valence-electron chi connectivity index (χ3n) is 2.75. The average molecular weight is 364 g/mol. The Morgan fingerprint density at radius 2 is 1.71 bits per heavy atom. The van der Waals surface area contributed by atoms with E-state index in [1.807, 2.05) is 6.07 Å². The highest BCUT2D eigenvalue weighted by molar-refractivity contribution is 9.11. The van der Waals surface area contributed by atoms with Crippen LogP contribution in [0.1, 0.15) is 30.7 Å². The van der Waals surface area contributed by atoms with Gasteiger partial charge in [0.15, 0.2) is 11.5 Å². The third-order valence-corrected chi connectivity index (χ3v) is 4.99. The van der Waals surface area contributed by atoms with Crippen LogP contribution >= 0.6 is 31.9 Å². The maximum atomic E-state index is 5.71. The van der Waals surface area contributed by atoms with Gasteiger partial charge in [-0.25, -0.2) is 0 Å². The number of rotatable bonds is 2. The van der Waals surface area contributed by atoms with Gasteiger partial charge in [0.05, 0.1) is 13.2 Å². The first-order valence-corrected chi connectivity index (χ1v) is 7.53. The normalized spacial score (nSPS) is 16.8. The number of hydrogen-bond acceptors (Lipinski definition) is 2. The Morgan fingerprint density at radius 1 is 1.12 bits per heavy atom. The Balaban J connectivity index is 2.38. The van der Waals surface area contributed by atoms with Gasteiger partial charge in [-0.2, -0.15) is 0 Å². The van der Waals surface area contributed by atoms with E-state index in [1.54, 1.807) is 0 Å². The van der Waals surface area contributed by atoms with Crippen LogP contribution in [0.3, 0.4) is 0 Å². The zero-order valence-corrected chi connectivity index (χ0v) is 13.2. The average Bonchev–Trinajstić information content (AvgIpc) is 2.51. The molecule has 2 nitrogen and oxygen atoms in total. The molecular formula is C13H16Br2O2. The van der Waals surface area contributed by atoms with Gasteiger partial charge in [-0.1, -0.05) is 45.7 Å². The van der Waals surface area contributed by atoms with Crippen molar-refractivity contribution in [3.8, 4) is 11.5 Å². The van der Waals surface area contributed by atoms with Crippen LogP contribution in [0.15, 0.2) is 16.6 Å². The third kappa shape index (κ3) is 2.97. The lowest BCUT2D eigenvalue weighted by Crippen LogP contribution is -2.01. The predicted octanol–water partition coefficient (Wildman–Crippen LogP) is 4.70. The van der Waals surface area contributed by atoms with E-state index in [-0.39, 0.29) is 0 Å². The topological polar surface area (TPSA) is 18.5 Å². The van der Waals surface area contributed by atoms with E-state index in [4.69, 9.17) is 9.47 Å². The van der Waals surface area contributed by atoms with E-state index >= 15 is 0 Å². The van der Waals surface area contributed by atoms with Crippen molar-refractivity contribution in [1.82, 2.24) is 0 Å². The molecule has 0 aliphatic carbocycles. The van der Waals surface area contributed by atoms with Crippen LogP contribution < -0.4 is 9.47 Å². The summed E-state index contributed by atoms with van der Waals surface area (Å²) < 4.78 is 12.4. The Labute approximate surface area is 119 Å². The van der Waals surface area contributed by atoms with Crippen molar-refractivity contribution in [2.24, 2.45) is 5.92 Å². The van der Waals surface area contributed by atoms with E-state index in [0.717, 1.165) is 35.6 Å². The fourth-order valence-electron chi connectivity index (χ4n) is 1.77.